The van der Waals surface area contributed by atoms with E-state index in [-0.39, 0.29) is 36.2 Å². The van der Waals surface area contributed by atoms with Crippen LogP contribution in [0.3, 0.4) is 0 Å². The smallest absolute Gasteiger partial charge is 0.246 e. The van der Waals surface area contributed by atoms with Crippen LogP contribution in [0.4, 0.5) is 0 Å². The lowest BCUT2D eigenvalue weighted by molar-refractivity contribution is -0.128. The molecule has 132 valence electrons. The van der Waals surface area contributed by atoms with Crippen molar-refractivity contribution in [2.45, 2.75) is 24.4 Å². The zero-order chi connectivity index (χ0) is 16.5. The van der Waals surface area contributed by atoms with Crippen molar-refractivity contribution >= 4 is 11.8 Å². The van der Waals surface area contributed by atoms with Crippen LogP contribution in [0.5, 0.6) is 0 Å². The molecule has 2 amide bonds. The molecule has 4 unspecified atom stereocenters. The molecule has 4 fully saturated rings. The molecule has 0 aromatic heterocycles. The van der Waals surface area contributed by atoms with Crippen molar-refractivity contribution in [2.24, 2.45) is 0 Å². The molecule has 4 saturated heterocycles. The molecule has 4 atom stereocenters. The Morgan fingerprint density at radius 3 is 1.12 bits per heavy atom. The fourth-order valence-corrected chi connectivity index (χ4v) is 2.54. The zero-order valence-electron chi connectivity index (χ0n) is 13.5. The number of hydrogen-bond acceptors (Lipinski definition) is 6. The van der Waals surface area contributed by atoms with Gasteiger partial charge in [-0.2, -0.15) is 0 Å². The molecule has 0 N–H and O–H groups in total. The van der Waals surface area contributed by atoms with E-state index in [2.05, 4.69) is 0 Å². The number of carbonyl (C=O) groups excluding carboxylic acids is 2. The van der Waals surface area contributed by atoms with Crippen molar-refractivity contribution in [3.05, 3.63) is 12.2 Å². The van der Waals surface area contributed by atoms with Gasteiger partial charge in [-0.05, 0) is 0 Å². The molecule has 0 aromatic carbocycles. The first-order valence-corrected chi connectivity index (χ1v) is 8.39. The van der Waals surface area contributed by atoms with E-state index in [1.807, 2.05) is 0 Å². The van der Waals surface area contributed by atoms with Crippen LogP contribution in [0.2, 0.25) is 0 Å². The third kappa shape index (κ3) is 5.01. The van der Waals surface area contributed by atoms with E-state index in [1.165, 1.54) is 12.2 Å². The summed E-state index contributed by atoms with van der Waals surface area (Å²) in [5, 5.41) is 0. The number of amides is 2. The quantitative estimate of drug-likeness (QED) is 0.367. The van der Waals surface area contributed by atoms with Gasteiger partial charge in [-0.1, -0.05) is 0 Å². The van der Waals surface area contributed by atoms with Crippen LogP contribution in [0.15, 0.2) is 12.2 Å². The molecule has 0 radical (unpaired) electrons. The summed E-state index contributed by atoms with van der Waals surface area (Å²) in [6, 6.07) is 0. The normalized spacial score (nSPS) is 32.5. The maximum absolute atomic E-state index is 12.4. The van der Waals surface area contributed by atoms with Crippen molar-refractivity contribution in [2.75, 3.05) is 52.6 Å². The van der Waals surface area contributed by atoms with Crippen LogP contribution >= 0.6 is 0 Å². The van der Waals surface area contributed by atoms with Gasteiger partial charge < -0.3 is 28.7 Å². The van der Waals surface area contributed by atoms with Gasteiger partial charge in [0.25, 0.3) is 0 Å². The largest absolute Gasteiger partial charge is 0.371 e. The van der Waals surface area contributed by atoms with E-state index >= 15 is 0 Å². The SMILES string of the molecule is O=C(/C=C\C(=O)N(CC1CO1)CC1CO1)N(CC1CO1)CC1CO1. The third-order valence-electron chi connectivity index (χ3n) is 4.30. The van der Waals surface area contributed by atoms with E-state index in [0.29, 0.717) is 52.6 Å². The van der Waals surface area contributed by atoms with Gasteiger partial charge in [0.05, 0.1) is 50.8 Å². The zero-order valence-corrected chi connectivity index (χ0v) is 13.5. The van der Waals surface area contributed by atoms with Gasteiger partial charge in [0, 0.05) is 38.3 Å². The molecule has 4 aliphatic heterocycles. The highest BCUT2D eigenvalue weighted by Crippen LogP contribution is 2.17. The molecule has 0 aromatic rings. The Kier molecular flexibility index (Phi) is 4.53. The maximum Gasteiger partial charge on any atom is 0.246 e. The summed E-state index contributed by atoms with van der Waals surface area (Å²) in [6.45, 7) is 4.95. The van der Waals surface area contributed by atoms with Crippen molar-refractivity contribution in [1.29, 1.82) is 0 Å². The highest BCUT2D eigenvalue weighted by molar-refractivity contribution is 5.96. The summed E-state index contributed by atoms with van der Waals surface area (Å²) in [5.74, 6) is -0.362. The lowest BCUT2D eigenvalue weighted by Crippen LogP contribution is -2.38. The summed E-state index contributed by atoms with van der Waals surface area (Å²) in [6.07, 6.45) is 3.17. The molecule has 0 aliphatic carbocycles. The Balaban J connectivity index is 1.31. The molecule has 0 spiro atoms. The molecule has 4 aliphatic rings. The number of hydrogen-bond donors (Lipinski definition) is 0. The monoisotopic (exact) mass is 338 g/mol. The second-order valence-electron chi connectivity index (χ2n) is 6.64. The molecule has 4 rings (SSSR count). The first-order valence-electron chi connectivity index (χ1n) is 8.39. The minimum atomic E-state index is -0.181. The number of nitrogens with zero attached hydrogens (tertiary/aromatic N) is 2. The Hall–Kier alpha value is -1.48. The second kappa shape index (κ2) is 6.79. The summed E-state index contributed by atoms with van der Waals surface area (Å²) in [5.41, 5.74) is 0. The predicted molar refractivity (Wildman–Crippen MR) is 81.3 cm³/mol. The summed E-state index contributed by atoms with van der Waals surface area (Å²) < 4.78 is 20.8. The van der Waals surface area contributed by atoms with E-state index in [9.17, 15) is 9.59 Å². The second-order valence-corrected chi connectivity index (χ2v) is 6.64. The fourth-order valence-electron chi connectivity index (χ4n) is 2.54. The molecule has 8 nitrogen and oxygen atoms in total. The van der Waals surface area contributed by atoms with Gasteiger partial charge in [-0.3, -0.25) is 9.59 Å². The van der Waals surface area contributed by atoms with Gasteiger partial charge in [0.2, 0.25) is 11.8 Å². The molecule has 8 heteroatoms. The Labute approximate surface area is 140 Å². The minimum absolute atomic E-state index is 0.118. The highest BCUT2D eigenvalue weighted by atomic mass is 16.6. The van der Waals surface area contributed by atoms with Gasteiger partial charge in [-0.15, -0.1) is 0 Å². The first-order chi connectivity index (χ1) is 11.7. The minimum Gasteiger partial charge on any atom is -0.371 e. The van der Waals surface area contributed by atoms with Crippen LogP contribution in [-0.2, 0) is 28.5 Å². The Morgan fingerprint density at radius 2 is 0.917 bits per heavy atom. The Bertz CT molecular complexity index is 449. The van der Waals surface area contributed by atoms with E-state index in [1.54, 1.807) is 9.80 Å². The molecule has 0 bridgehead atoms. The average molecular weight is 338 g/mol. The van der Waals surface area contributed by atoms with Crippen molar-refractivity contribution in [1.82, 2.24) is 9.80 Å². The summed E-state index contributed by atoms with van der Waals surface area (Å²) in [7, 11) is 0. The van der Waals surface area contributed by atoms with Crippen LogP contribution in [0, 0.1) is 0 Å². The Morgan fingerprint density at radius 1 is 0.667 bits per heavy atom. The summed E-state index contributed by atoms with van der Waals surface area (Å²) >= 11 is 0. The van der Waals surface area contributed by atoms with E-state index in [0.717, 1.165) is 0 Å². The van der Waals surface area contributed by atoms with Crippen molar-refractivity contribution in [3.63, 3.8) is 0 Å². The maximum atomic E-state index is 12.4. The molecular formula is C16H22N2O6. The molecule has 24 heavy (non-hydrogen) atoms. The van der Waals surface area contributed by atoms with Crippen LogP contribution in [-0.4, -0.2) is 98.6 Å². The van der Waals surface area contributed by atoms with Gasteiger partial charge in [0.1, 0.15) is 0 Å². The lowest BCUT2D eigenvalue weighted by Gasteiger charge is -2.20. The fraction of sp³-hybridized carbons (Fsp3) is 0.750. The lowest BCUT2D eigenvalue weighted by atomic mass is 10.3. The van der Waals surface area contributed by atoms with Crippen molar-refractivity contribution in [3.8, 4) is 0 Å². The van der Waals surface area contributed by atoms with Gasteiger partial charge in [-0.25, -0.2) is 0 Å². The van der Waals surface area contributed by atoms with Crippen LogP contribution in [0.1, 0.15) is 0 Å². The summed E-state index contributed by atoms with van der Waals surface area (Å²) in [4.78, 5) is 28.1. The number of carbonyl (C=O) groups is 2. The standard InChI is InChI=1S/C16H22N2O6/c19-15(17(3-11-7-21-11)4-12-8-22-12)1-2-16(20)18(5-13-9-23-13)6-14-10-24-14/h1-2,11-14H,3-10H2/b2-1-. The van der Waals surface area contributed by atoms with E-state index in [4.69, 9.17) is 18.9 Å². The number of epoxide rings is 4. The van der Waals surface area contributed by atoms with Crippen molar-refractivity contribution < 1.29 is 28.5 Å². The molecular weight excluding hydrogens is 316 g/mol. The third-order valence-corrected chi connectivity index (χ3v) is 4.30. The highest BCUT2D eigenvalue weighted by Gasteiger charge is 2.34. The topological polar surface area (TPSA) is 90.7 Å². The average Bonchev–Trinajstić information content (AvgIpc) is 3.40. The van der Waals surface area contributed by atoms with Gasteiger partial charge in [0.15, 0.2) is 0 Å². The van der Waals surface area contributed by atoms with Crippen LogP contribution in [0.25, 0.3) is 0 Å². The van der Waals surface area contributed by atoms with Crippen LogP contribution < -0.4 is 0 Å². The number of ether oxygens (including phenoxy) is 4. The number of rotatable bonds is 10. The predicted octanol–water partition coefficient (Wildman–Crippen LogP) is -1.20. The van der Waals surface area contributed by atoms with E-state index < -0.39 is 0 Å². The molecule has 4 heterocycles. The van der Waals surface area contributed by atoms with Gasteiger partial charge >= 0.3 is 0 Å². The first kappa shape index (κ1) is 16.0. The molecule has 0 saturated carbocycles.